The summed E-state index contributed by atoms with van der Waals surface area (Å²) in [4.78, 5) is 17.1. The largest absolute Gasteiger partial charge is 0.488 e. The molecule has 0 bridgehead atoms. The third kappa shape index (κ3) is 3.51. The molecule has 1 aliphatic heterocycles. The van der Waals surface area contributed by atoms with E-state index in [0.717, 1.165) is 16.7 Å². The lowest BCUT2D eigenvalue weighted by atomic mass is 9.88. The number of carboxylic acid groups (broad SMARTS) is 1. The summed E-state index contributed by atoms with van der Waals surface area (Å²) in [5.74, 6) is 0.991. The maximum absolute atomic E-state index is 11.7. The van der Waals surface area contributed by atoms with Gasteiger partial charge in [-0.1, -0.05) is 26.8 Å². The van der Waals surface area contributed by atoms with Crippen molar-refractivity contribution in [1.29, 1.82) is 0 Å². The molecule has 1 aromatic carbocycles. The van der Waals surface area contributed by atoms with Crippen LogP contribution in [-0.2, 0) is 6.54 Å². The minimum Gasteiger partial charge on any atom is -0.488 e. The Bertz CT molecular complexity index is 845. The number of benzene rings is 1. The van der Waals surface area contributed by atoms with Crippen molar-refractivity contribution in [2.45, 2.75) is 33.4 Å². The van der Waals surface area contributed by atoms with Crippen molar-refractivity contribution in [2.24, 2.45) is 5.41 Å². The molecule has 138 valence electrons. The summed E-state index contributed by atoms with van der Waals surface area (Å²) in [6.45, 7) is 6.71. The maximum Gasteiger partial charge on any atom is 0.407 e. The van der Waals surface area contributed by atoms with Gasteiger partial charge in [-0.2, -0.15) is 0 Å². The number of ether oxygens (including phenoxy) is 1. The van der Waals surface area contributed by atoms with Gasteiger partial charge in [0.2, 0.25) is 0 Å². The van der Waals surface area contributed by atoms with E-state index >= 15 is 0 Å². The second kappa shape index (κ2) is 6.40. The van der Waals surface area contributed by atoms with Crippen LogP contribution in [0.4, 0.5) is 16.3 Å². The van der Waals surface area contributed by atoms with Crippen LogP contribution < -0.4 is 16.2 Å². The smallest absolute Gasteiger partial charge is 0.407 e. The number of fused-ring (bicyclic) bond motifs is 1. The minimum atomic E-state index is -0.959. The third-order valence-electron chi connectivity index (χ3n) is 4.60. The maximum atomic E-state index is 11.7. The second-order valence-electron chi connectivity index (χ2n) is 7.66. The normalized spacial score (nSPS) is 17.2. The Morgan fingerprint density at radius 1 is 1.27 bits per heavy atom. The summed E-state index contributed by atoms with van der Waals surface area (Å²) in [7, 11) is 0. The molecule has 5 N–H and O–H groups in total. The van der Waals surface area contributed by atoms with Crippen LogP contribution in [-0.4, -0.2) is 33.7 Å². The van der Waals surface area contributed by atoms with Gasteiger partial charge in [-0.05, 0) is 23.8 Å². The van der Waals surface area contributed by atoms with Gasteiger partial charge in [0.05, 0.1) is 18.8 Å². The van der Waals surface area contributed by atoms with Gasteiger partial charge in [0.1, 0.15) is 17.7 Å². The first kappa shape index (κ1) is 17.8. The van der Waals surface area contributed by atoms with Crippen LogP contribution in [0, 0.1) is 5.41 Å². The molecule has 1 atom stereocenters. The Balaban J connectivity index is 2.02. The van der Waals surface area contributed by atoms with Crippen LogP contribution in [0.3, 0.4) is 0 Å². The van der Waals surface area contributed by atoms with Crippen LogP contribution >= 0.6 is 0 Å². The van der Waals surface area contributed by atoms with Gasteiger partial charge in [-0.3, -0.25) is 0 Å². The number of nitrogen functional groups attached to an aromatic ring is 2. The van der Waals surface area contributed by atoms with E-state index in [-0.39, 0.29) is 23.9 Å². The van der Waals surface area contributed by atoms with Crippen molar-refractivity contribution < 1.29 is 14.6 Å². The molecule has 1 aromatic heterocycles. The molecule has 1 amide bonds. The Kier molecular flexibility index (Phi) is 4.39. The first-order chi connectivity index (χ1) is 12.1. The van der Waals surface area contributed by atoms with E-state index in [4.69, 9.17) is 16.2 Å². The average Bonchev–Trinajstić information content (AvgIpc) is 2.76. The van der Waals surface area contributed by atoms with Gasteiger partial charge in [-0.15, -0.1) is 0 Å². The first-order valence-corrected chi connectivity index (χ1v) is 8.44. The molecular weight excluding hydrogens is 332 g/mol. The van der Waals surface area contributed by atoms with E-state index < -0.39 is 6.09 Å². The van der Waals surface area contributed by atoms with Crippen molar-refractivity contribution >= 4 is 17.6 Å². The highest BCUT2D eigenvalue weighted by Crippen LogP contribution is 2.35. The predicted molar refractivity (Wildman–Crippen MR) is 101 cm³/mol. The first-order valence-electron chi connectivity index (χ1n) is 8.44. The van der Waals surface area contributed by atoms with Crippen LogP contribution in [0.2, 0.25) is 0 Å². The topological polar surface area (TPSA) is 115 Å². The molecule has 1 unspecified atom stereocenters. The fraction of sp³-hybridized carbons (Fsp3) is 0.368. The molecule has 3 rings (SSSR count). The fourth-order valence-electron chi connectivity index (χ4n) is 2.91. The summed E-state index contributed by atoms with van der Waals surface area (Å²) in [5.41, 5.74) is 14.3. The van der Waals surface area contributed by atoms with Crippen LogP contribution in [0.5, 0.6) is 5.75 Å². The van der Waals surface area contributed by atoms with Crippen molar-refractivity contribution in [3.05, 3.63) is 36.0 Å². The lowest BCUT2D eigenvalue weighted by Gasteiger charge is -2.32. The number of amides is 1. The van der Waals surface area contributed by atoms with Gasteiger partial charge in [0.15, 0.2) is 0 Å². The number of rotatable bonds is 1. The van der Waals surface area contributed by atoms with Crippen molar-refractivity contribution in [3.63, 3.8) is 0 Å². The van der Waals surface area contributed by atoms with E-state index in [0.29, 0.717) is 18.0 Å². The Morgan fingerprint density at radius 3 is 2.62 bits per heavy atom. The quantitative estimate of drug-likeness (QED) is 0.723. The molecular formula is C19H24N4O3. The number of anilines is 2. The van der Waals surface area contributed by atoms with Crippen molar-refractivity contribution in [2.75, 3.05) is 18.0 Å². The van der Waals surface area contributed by atoms with E-state index in [1.54, 1.807) is 12.3 Å². The number of nitrogens with two attached hydrogens (primary N) is 2. The summed E-state index contributed by atoms with van der Waals surface area (Å²) < 4.78 is 6.17. The number of pyridine rings is 1. The van der Waals surface area contributed by atoms with E-state index in [2.05, 4.69) is 4.98 Å². The van der Waals surface area contributed by atoms with Crippen LogP contribution in [0.15, 0.2) is 30.5 Å². The van der Waals surface area contributed by atoms with Crippen LogP contribution in [0.1, 0.15) is 26.3 Å². The Labute approximate surface area is 152 Å². The van der Waals surface area contributed by atoms with Gasteiger partial charge < -0.3 is 26.2 Å². The van der Waals surface area contributed by atoms with E-state index in [1.807, 2.05) is 39.0 Å². The summed E-state index contributed by atoms with van der Waals surface area (Å²) in [5, 5.41) is 9.56. The number of aromatic nitrogens is 1. The second-order valence-corrected chi connectivity index (χ2v) is 7.66. The standard InChI is InChI=1S/C19H24N4O3/c1-19(2,3)16-10-23(18(24)25)9-13-6-11(4-5-15(13)26-16)12-7-14(20)17(21)22-8-12/h4-8,16H,9-10,20H2,1-3H3,(H2,21,22)(H,24,25). The molecule has 26 heavy (non-hydrogen) atoms. The summed E-state index contributed by atoms with van der Waals surface area (Å²) in [6, 6.07) is 7.47. The monoisotopic (exact) mass is 356 g/mol. The predicted octanol–water partition coefficient (Wildman–Crippen LogP) is 3.20. The average molecular weight is 356 g/mol. The van der Waals surface area contributed by atoms with Crippen molar-refractivity contribution in [1.82, 2.24) is 9.88 Å². The lowest BCUT2D eigenvalue weighted by Crippen LogP contribution is -2.43. The molecule has 0 aliphatic carbocycles. The molecule has 1 aliphatic rings. The van der Waals surface area contributed by atoms with Gasteiger partial charge >= 0.3 is 6.09 Å². The molecule has 2 aromatic rings. The summed E-state index contributed by atoms with van der Waals surface area (Å²) in [6.07, 6.45) is 0.455. The molecule has 7 nitrogen and oxygen atoms in total. The summed E-state index contributed by atoms with van der Waals surface area (Å²) >= 11 is 0. The molecule has 0 fully saturated rings. The Morgan fingerprint density at radius 2 is 2.00 bits per heavy atom. The molecule has 0 spiro atoms. The molecule has 2 heterocycles. The fourth-order valence-corrected chi connectivity index (χ4v) is 2.91. The zero-order chi connectivity index (χ0) is 19.1. The lowest BCUT2D eigenvalue weighted by molar-refractivity contribution is 0.0566. The van der Waals surface area contributed by atoms with Gasteiger partial charge in [0, 0.05) is 22.7 Å². The number of hydrogen-bond donors (Lipinski definition) is 3. The van der Waals surface area contributed by atoms with Gasteiger partial charge in [-0.25, -0.2) is 9.78 Å². The molecule has 0 saturated heterocycles. The highest BCUT2D eigenvalue weighted by molar-refractivity contribution is 5.72. The number of nitrogens with zero attached hydrogens (tertiary/aromatic N) is 2. The third-order valence-corrected chi connectivity index (χ3v) is 4.60. The zero-order valence-corrected chi connectivity index (χ0v) is 15.2. The van der Waals surface area contributed by atoms with Crippen molar-refractivity contribution in [3.8, 4) is 16.9 Å². The Hall–Kier alpha value is -2.96. The number of hydrogen-bond acceptors (Lipinski definition) is 5. The molecule has 0 radical (unpaired) electrons. The van der Waals surface area contributed by atoms with Crippen LogP contribution in [0.25, 0.3) is 11.1 Å². The number of carbonyl (C=O) groups is 1. The highest BCUT2D eigenvalue weighted by Gasteiger charge is 2.33. The van der Waals surface area contributed by atoms with E-state index in [1.165, 1.54) is 4.90 Å². The molecule has 7 heteroatoms. The molecule has 0 saturated carbocycles. The van der Waals surface area contributed by atoms with E-state index in [9.17, 15) is 9.90 Å². The minimum absolute atomic E-state index is 0.191. The highest BCUT2D eigenvalue weighted by atomic mass is 16.5. The SMILES string of the molecule is CC(C)(C)C1CN(C(=O)O)Cc2cc(-c3cnc(N)c(N)c3)ccc2O1. The zero-order valence-electron chi connectivity index (χ0n) is 15.2. The van der Waals surface area contributed by atoms with Gasteiger partial charge in [0.25, 0.3) is 0 Å².